The number of piperidine rings is 1. The minimum absolute atomic E-state index is 0. The van der Waals surface area contributed by atoms with Crippen molar-refractivity contribution in [2.24, 2.45) is 5.73 Å². The number of hydrogen-bond acceptors (Lipinski definition) is 2. The van der Waals surface area contributed by atoms with Gasteiger partial charge in [0.15, 0.2) is 0 Å². The van der Waals surface area contributed by atoms with Crippen molar-refractivity contribution >= 4 is 12.4 Å². The second-order valence-corrected chi connectivity index (χ2v) is 5.46. The summed E-state index contributed by atoms with van der Waals surface area (Å²) in [6, 6.07) is 5.65. The quantitative estimate of drug-likeness (QED) is 0.924. The van der Waals surface area contributed by atoms with Crippen LogP contribution in [0.25, 0.3) is 0 Å². The van der Waals surface area contributed by atoms with Crippen LogP contribution in [0.4, 0.5) is 4.39 Å². The van der Waals surface area contributed by atoms with Crippen molar-refractivity contribution in [1.29, 1.82) is 0 Å². The third kappa shape index (κ3) is 4.16. The molecule has 2 nitrogen and oxygen atoms in total. The van der Waals surface area contributed by atoms with E-state index in [0.29, 0.717) is 6.04 Å². The van der Waals surface area contributed by atoms with Crippen LogP contribution < -0.4 is 5.73 Å². The van der Waals surface area contributed by atoms with Gasteiger partial charge in [0, 0.05) is 18.6 Å². The average molecular weight is 287 g/mol. The second-order valence-electron chi connectivity index (χ2n) is 5.46. The average Bonchev–Trinajstić information content (AvgIpc) is 2.34. The minimum Gasteiger partial charge on any atom is -0.327 e. The molecule has 2 rings (SSSR count). The lowest BCUT2D eigenvalue weighted by Crippen LogP contribution is -2.48. The van der Waals surface area contributed by atoms with Gasteiger partial charge >= 0.3 is 0 Å². The van der Waals surface area contributed by atoms with Crippen molar-refractivity contribution in [2.45, 2.75) is 51.7 Å². The van der Waals surface area contributed by atoms with Crippen LogP contribution in [0.1, 0.15) is 37.3 Å². The number of aryl methyl sites for hydroxylation is 1. The Morgan fingerprint density at radius 3 is 2.84 bits per heavy atom. The Hall–Kier alpha value is -0.640. The highest BCUT2D eigenvalue weighted by Crippen LogP contribution is 2.22. The molecule has 2 N–H and O–H groups in total. The molecule has 1 aromatic rings. The molecule has 1 aromatic carbocycles. The van der Waals surface area contributed by atoms with Crippen molar-refractivity contribution < 1.29 is 4.39 Å². The topological polar surface area (TPSA) is 29.3 Å². The molecule has 0 amide bonds. The molecule has 0 aliphatic carbocycles. The lowest BCUT2D eigenvalue weighted by molar-refractivity contribution is 0.122. The Morgan fingerprint density at radius 1 is 1.42 bits per heavy atom. The van der Waals surface area contributed by atoms with Gasteiger partial charge in [-0.15, -0.1) is 12.4 Å². The Morgan fingerprint density at radius 2 is 2.16 bits per heavy atom. The number of nitrogens with two attached hydrogens (primary N) is 1. The van der Waals surface area contributed by atoms with Crippen molar-refractivity contribution in [3.8, 4) is 0 Å². The number of likely N-dealkylation sites (tertiary alicyclic amines) is 1. The van der Waals surface area contributed by atoms with Crippen molar-refractivity contribution in [3.63, 3.8) is 0 Å². The summed E-state index contributed by atoms with van der Waals surface area (Å²) < 4.78 is 13.3. The number of rotatable bonds is 3. The summed E-state index contributed by atoms with van der Waals surface area (Å²) in [6.45, 7) is 6.00. The van der Waals surface area contributed by atoms with Crippen LogP contribution in [-0.2, 0) is 6.54 Å². The van der Waals surface area contributed by atoms with E-state index in [1.165, 1.54) is 18.9 Å². The zero-order chi connectivity index (χ0) is 13.1. The zero-order valence-electron chi connectivity index (χ0n) is 11.7. The molecule has 1 fully saturated rings. The Labute approximate surface area is 121 Å². The standard InChI is InChI=1S/C15H23FN2.ClH/c1-11-6-7-14(16)9-13(11)10-18-8-4-3-5-15(18)12(2)17;/h6-7,9,12,15H,3-5,8,10,17H2,1-2H3;1H. The summed E-state index contributed by atoms with van der Waals surface area (Å²) in [4.78, 5) is 2.41. The third-order valence-corrected chi connectivity index (χ3v) is 3.96. The van der Waals surface area contributed by atoms with Gasteiger partial charge in [-0.05, 0) is 56.5 Å². The first-order chi connectivity index (χ1) is 8.58. The van der Waals surface area contributed by atoms with E-state index in [2.05, 4.69) is 11.8 Å². The molecule has 1 heterocycles. The molecule has 4 heteroatoms. The Bertz CT molecular complexity index is 409. The molecule has 2 atom stereocenters. The van der Waals surface area contributed by atoms with E-state index in [9.17, 15) is 4.39 Å². The molecular weight excluding hydrogens is 263 g/mol. The summed E-state index contributed by atoms with van der Waals surface area (Å²) in [5.41, 5.74) is 8.31. The van der Waals surface area contributed by atoms with E-state index in [1.54, 1.807) is 6.07 Å². The van der Waals surface area contributed by atoms with Crippen LogP contribution in [0.15, 0.2) is 18.2 Å². The summed E-state index contributed by atoms with van der Waals surface area (Å²) in [7, 11) is 0. The van der Waals surface area contributed by atoms with Crippen LogP contribution in [0.3, 0.4) is 0 Å². The van der Waals surface area contributed by atoms with E-state index >= 15 is 0 Å². The summed E-state index contributed by atoms with van der Waals surface area (Å²) in [5.74, 6) is -0.148. The van der Waals surface area contributed by atoms with Crippen molar-refractivity contribution in [2.75, 3.05) is 6.54 Å². The van der Waals surface area contributed by atoms with Gasteiger partial charge < -0.3 is 5.73 Å². The fourth-order valence-electron chi connectivity index (χ4n) is 2.84. The lowest BCUT2D eigenvalue weighted by Gasteiger charge is -2.38. The Kier molecular flexibility index (Phi) is 6.24. The first kappa shape index (κ1) is 16.4. The van der Waals surface area contributed by atoms with E-state index < -0.39 is 0 Å². The number of halogens is 2. The second kappa shape index (κ2) is 7.22. The number of nitrogens with zero attached hydrogens (tertiary/aromatic N) is 1. The Balaban J connectivity index is 0.00000180. The fourth-order valence-corrected chi connectivity index (χ4v) is 2.84. The van der Waals surface area contributed by atoms with Gasteiger partial charge in [-0.3, -0.25) is 4.90 Å². The SMILES string of the molecule is Cc1ccc(F)cc1CN1CCCCC1C(C)N.Cl. The van der Waals surface area contributed by atoms with Crippen LogP contribution in [0.5, 0.6) is 0 Å². The fraction of sp³-hybridized carbons (Fsp3) is 0.600. The first-order valence-electron chi connectivity index (χ1n) is 6.82. The van der Waals surface area contributed by atoms with Crippen LogP contribution in [0, 0.1) is 12.7 Å². The maximum absolute atomic E-state index is 13.3. The highest BCUT2D eigenvalue weighted by molar-refractivity contribution is 5.85. The van der Waals surface area contributed by atoms with Crippen LogP contribution >= 0.6 is 12.4 Å². The van der Waals surface area contributed by atoms with Crippen molar-refractivity contribution in [3.05, 3.63) is 35.1 Å². The molecular formula is C15H24ClFN2. The zero-order valence-corrected chi connectivity index (χ0v) is 12.5. The van der Waals surface area contributed by atoms with Gasteiger partial charge in [-0.2, -0.15) is 0 Å². The smallest absolute Gasteiger partial charge is 0.123 e. The van der Waals surface area contributed by atoms with E-state index in [0.717, 1.165) is 30.6 Å². The highest BCUT2D eigenvalue weighted by Gasteiger charge is 2.25. The molecule has 19 heavy (non-hydrogen) atoms. The number of benzene rings is 1. The largest absolute Gasteiger partial charge is 0.327 e. The van der Waals surface area contributed by atoms with E-state index in [-0.39, 0.29) is 24.3 Å². The van der Waals surface area contributed by atoms with E-state index in [4.69, 9.17) is 5.73 Å². The summed E-state index contributed by atoms with van der Waals surface area (Å²) in [6.07, 6.45) is 3.63. The molecule has 1 aliphatic rings. The van der Waals surface area contributed by atoms with Gasteiger partial charge in [-0.25, -0.2) is 4.39 Å². The van der Waals surface area contributed by atoms with E-state index in [1.807, 2.05) is 13.0 Å². The van der Waals surface area contributed by atoms with Gasteiger partial charge in [0.05, 0.1) is 0 Å². The predicted octanol–water partition coefficient (Wildman–Crippen LogP) is 3.26. The molecule has 108 valence electrons. The molecule has 1 saturated heterocycles. The first-order valence-corrected chi connectivity index (χ1v) is 6.82. The molecule has 0 spiro atoms. The number of hydrogen-bond donors (Lipinski definition) is 1. The van der Waals surface area contributed by atoms with Gasteiger partial charge in [0.2, 0.25) is 0 Å². The van der Waals surface area contributed by atoms with Crippen molar-refractivity contribution in [1.82, 2.24) is 4.90 Å². The normalized spacial score (nSPS) is 21.8. The van der Waals surface area contributed by atoms with Crippen LogP contribution in [0.2, 0.25) is 0 Å². The van der Waals surface area contributed by atoms with Crippen LogP contribution in [-0.4, -0.2) is 23.5 Å². The molecule has 0 saturated carbocycles. The monoisotopic (exact) mass is 286 g/mol. The van der Waals surface area contributed by atoms with Gasteiger partial charge in [-0.1, -0.05) is 12.5 Å². The molecule has 2 unspecified atom stereocenters. The molecule has 0 bridgehead atoms. The third-order valence-electron chi connectivity index (χ3n) is 3.96. The molecule has 0 radical (unpaired) electrons. The maximum atomic E-state index is 13.3. The van der Waals surface area contributed by atoms with Gasteiger partial charge in [0.1, 0.15) is 5.82 Å². The molecule has 0 aromatic heterocycles. The molecule has 1 aliphatic heterocycles. The van der Waals surface area contributed by atoms with Gasteiger partial charge in [0.25, 0.3) is 0 Å². The minimum atomic E-state index is -0.148. The summed E-state index contributed by atoms with van der Waals surface area (Å²) in [5, 5.41) is 0. The predicted molar refractivity (Wildman–Crippen MR) is 80.1 cm³/mol. The lowest BCUT2D eigenvalue weighted by atomic mass is 9.95. The maximum Gasteiger partial charge on any atom is 0.123 e. The highest BCUT2D eigenvalue weighted by atomic mass is 35.5. The summed E-state index contributed by atoms with van der Waals surface area (Å²) >= 11 is 0.